The van der Waals surface area contributed by atoms with E-state index in [1.165, 1.54) is 24.3 Å². The maximum atomic E-state index is 12.9. The third-order valence-corrected chi connectivity index (χ3v) is 4.00. The van der Waals surface area contributed by atoms with Gasteiger partial charge in [-0.15, -0.1) is 13.2 Å². The molecule has 0 fully saturated rings. The van der Waals surface area contributed by atoms with Crippen molar-refractivity contribution in [3.8, 4) is 5.75 Å². The van der Waals surface area contributed by atoms with Crippen molar-refractivity contribution in [1.29, 1.82) is 0 Å². The van der Waals surface area contributed by atoms with Gasteiger partial charge in [-0.05, 0) is 35.9 Å². The van der Waals surface area contributed by atoms with Crippen LogP contribution in [0.5, 0.6) is 5.75 Å². The van der Waals surface area contributed by atoms with E-state index in [0.29, 0.717) is 11.1 Å². The molecule has 0 heterocycles. The van der Waals surface area contributed by atoms with Crippen LogP contribution in [0.25, 0.3) is 6.08 Å². The zero-order chi connectivity index (χ0) is 22.3. The minimum Gasteiger partial charge on any atom is -0.404 e. The first kappa shape index (κ1) is 21.6. The zero-order valence-electron chi connectivity index (χ0n) is 16.0. The Labute approximate surface area is 176 Å². The topological polar surface area (TPSA) is 67.4 Å². The lowest BCUT2D eigenvalue weighted by molar-refractivity contribution is -0.274. The lowest BCUT2D eigenvalue weighted by Gasteiger charge is -2.15. The molecule has 0 aromatic heterocycles. The molecule has 0 radical (unpaired) electrons. The van der Waals surface area contributed by atoms with Crippen molar-refractivity contribution >= 4 is 23.6 Å². The first-order chi connectivity index (χ1) is 14.8. The molecular weight excluding hydrogens is 409 g/mol. The molecule has 0 aliphatic rings. The Morgan fingerprint density at radius 1 is 0.806 bits per heavy atom. The minimum atomic E-state index is -4.93. The molecule has 0 aliphatic heterocycles. The van der Waals surface area contributed by atoms with Gasteiger partial charge in [-0.25, -0.2) is 0 Å². The third-order valence-electron chi connectivity index (χ3n) is 4.00. The van der Waals surface area contributed by atoms with Crippen LogP contribution >= 0.6 is 0 Å². The summed E-state index contributed by atoms with van der Waals surface area (Å²) in [6.07, 6.45) is -3.51. The summed E-state index contributed by atoms with van der Waals surface area (Å²) in [5, 5.41) is 4.88. The highest BCUT2D eigenvalue weighted by atomic mass is 19.4. The van der Waals surface area contributed by atoms with Gasteiger partial charge >= 0.3 is 6.36 Å². The quantitative estimate of drug-likeness (QED) is 0.546. The molecule has 0 saturated carbocycles. The van der Waals surface area contributed by atoms with Crippen molar-refractivity contribution in [2.45, 2.75) is 6.36 Å². The number of ether oxygens (including phenoxy) is 1. The molecule has 31 heavy (non-hydrogen) atoms. The van der Waals surface area contributed by atoms with Crippen molar-refractivity contribution < 1.29 is 27.5 Å². The molecule has 5 nitrogen and oxygen atoms in total. The predicted octanol–water partition coefficient (Wildman–Crippen LogP) is 4.99. The molecule has 8 heteroatoms. The highest BCUT2D eigenvalue weighted by molar-refractivity contribution is 6.11. The van der Waals surface area contributed by atoms with Crippen LogP contribution in [0.15, 0.2) is 90.6 Å². The van der Waals surface area contributed by atoms with Gasteiger partial charge in [0.05, 0.1) is 5.69 Å². The van der Waals surface area contributed by atoms with Gasteiger partial charge in [-0.2, -0.15) is 0 Å². The van der Waals surface area contributed by atoms with E-state index >= 15 is 0 Å². The van der Waals surface area contributed by atoms with Crippen LogP contribution in [-0.2, 0) is 4.79 Å². The second kappa shape index (κ2) is 9.62. The Bertz CT molecular complexity index is 1080. The monoisotopic (exact) mass is 426 g/mol. The van der Waals surface area contributed by atoms with Crippen LogP contribution in [0.3, 0.4) is 0 Å². The van der Waals surface area contributed by atoms with E-state index in [9.17, 15) is 22.8 Å². The molecule has 0 bridgehead atoms. The van der Waals surface area contributed by atoms with Gasteiger partial charge in [0.15, 0.2) is 5.75 Å². The fraction of sp³-hybridized carbons (Fsp3) is 0.0435. The molecule has 0 spiro atoms. The minimum absolute atomic E-state index is 0.151. The SMILES string of the molecule is O=C(Nc1ccccc1OC(F)(F)F)/C(=C\c1ccccc1)NC(=O)c1ccccc1. The fourth-order valence-corrected chi connectivity index (χ4v) is 2.63. The number of alkyl halides is 3. The number of amides is 2. The molecule has 0 unspecified atom stereocenters. The summed E-state index contributed by atoms with van der Waals surface area (Å²) in [7, 11) is 0. The summed E-state index contributed by atoms with van der Waals surface area (Å²) in [6, 6.07) is 22.0. The van der Waals surface area contributed by atoms with Gasteiger partial charge in [-0.3, -0.25) is 9.59 Å². The maximum Gasteiger partial charge on any atom is 0.573 e. The maximum absolute atomic E-state index is 12.9. The number of carbonyl (C=O) groups is 2. The van der Waals surface area contributed by atoms with Gasteiger partial charge in [0.1, 0.15) is 5.70 Å². The van der Waals surface area contributed by atoms with E-state index < -0.39 is 23.9 Å². The van der Waals surface area contributed by atoms with Crippen molar-refractivity contribution in [3.05, 3.63) is 102 Å². The summed E-state index contributed by atoms with van der Waals surface area (Å²) in [5.74, 6) is -1.93. The average molecular weight is 426 g/mol. The van der Waals surface area contributed by atoms with E-state index in [1.807, 2.05) is 0 Å². The Morgan fingerprint density at radius 3 is 2.03 bits per heavy atom. The lowest BCUT2D eigenvalue weighted by Crippen LogP contribution is -2.31. The van der Waals surface area contributed by atoms with Crippen molar-refractivity contribution in [2.24, 2.45) is 0 Å². The van der Waals surface area contributed by atoms with E-state index in [2.05, 4.69) is 15.4 Å². The Balaban J connectivity index is 1.89. The Hall–Kier alpha value is -4.07. The van der Waals surface area contributed by atoms with Crippen molar-refractivity contribution in [2.75, 3.05) is 5.32 Å². The number of halogens is 3. The normalized spacial score (nSPS) is 11.5. The first-order valence-electron chi connectivity index (χ1n) is 9.11. The standard InChI is InChI=1S/C23H17F3N2O3/c24-23(25,26)31-20-14-8-7-13-18(20)27-22(30)19(15-16-9-3-1-4-10-16)28-21(29)17-11-5-2-6-12-17/h1-15H,(H,27,30)(H,28,29)/b19-15+. The second-order valence-electron chi connectivity index (χ2n) is 6.29. The van der Waals surface area contributed by atoms with Gasteiger partial charge in [0, 0.05) is 5.56 Å². The van der Waals surface area contributed by atoms with Crippen LogP contribution in [0.4, 0.5) is 18.9 Å². The van der Waals surface area contributed by atoms with Crippen LogP contribution in [0.1, 0.15) is 15.9 Å². The fourth-order valence-electron chi connectivity index (χ4n) is 2.63. The number of rotatable bonds is 6. The van der Waals surface area contributed by atoms with Gasteiger partial charge < -0.3 is 15.4 Å². The molecule has 3 aromatic rings. The molecule has 3 aromatic carbocycles. The number of benzene rings is 3. The second-order valence-corrected chi connectivity index (χ2v) is 6.29. The van der Waals surface area contributed by atoms with Crippen LogP contribution in [-0.4, -0.2) is 18.2 Å². The first-order valence-corrected chi connectivity index (χ1v) is 9.11. The van der Waals surface area contributed by atoms with Gasteiger partial charge in [-0.1, -0.05) is 60.7 Å². The number of hydrogen-bond acceptors (Lipinski definition) is 3. The van der Waals surface area contributed by atoms with Gasteiger partial charge in [0.25, 0.3) is 11.8 Å². The van der Waals surface area contributed by atoms with E-state index in [1.54, 1.807) is 60.7 Å². The third kappa shape index (κ3) is 6.46. The number of hydrogen-bond donors (Lipinski definition) is 2. The van der Waals surface area contributed by atoms with Crippen LogP contribution in [0.2, 0.25) is 0 Å². The van der Waals surface area contributed by atoms with Gasteiger partial charge in [0.2, 0.25) is 0 Å². The Morgan fingerprint density at radius 2 is 1.39 bits per heavy atom. The smallest absolute Gasteiger partial charge is 0.404 e. The highest BCUT2D eigenvalue weighted by Crippen LogP contribution is 2.30. The van der Waals surface area contributed by atoms with E-state index in [4.69, 9.17) is 0 Å². The molecule has 158 valence electrons. The van der Waals surface area contributed by atoms with Crippen LogP contribution in [0, 0.1) is 0 Å². The largest absolute Gasteiger partial charge is 0.573 e. The van der Waals surface area contributed by atoms with Crippen molar-refractivity contribution in [3.63, 3.8) is 0 Å². The number of nitrogens with one attached hydrogen (secondary N) is 2. The Kier molecular flexibility index (Phi) is 6.71. The lowest BCUT2D eigenvalue weighted by atomic mass is 10.1. The highest BCUT2D eigenvalue weighted by Gasteiger charge is 2.32. The van der Waals surface area contributed by atoms with Crippen LogP contribution < -0.4 is 15.4 Å². The molecule has 3 rings (SSSR count). The molecular formula is C23H17F3N2O3. The molecule has 2 N–H and O–H groups in total. The molecule has 0 aliphatic carbocycles. The van der Waals surface area contributed by atoms with E-state index in [-0.39, 0.29) is 11.4 Å². The molecule has 0 atom stereocenters. The molecule has 0 saturated heterocycles. The summed E-state index contributed by atoms with van der Waals surface area (Å²) >= 11 is 0. The summed E-state index contributed by atoms with van der Waals surface area (Å²) < 4.78 is 41.9. The zero-order valence-corrected chi connectivity index (χ0v) is 16.0. The average Bonchev–Trinajstić information content (AvgIpc) is 2.75. The summed E-state index contributed by atoms with van der Waals surface area (Å²) in [4.78, 5) is 25.4. The number of carbonyl (C=O) groups excluding carboxylic acids is 2. The number of anilines is 1. The summed E-state index contributed by atoms with van der Waals surface area (Å²) in [5.41, 5.74) is 0.579. The molecule has 2 amide bonds. The van der Waals surface area contributed by atoms with E-state index in [0.717, 1.165) is 6.07 Å². The summed E-state index contributed by atoms with van der Waals surface area (Å²) in [6.45, 7) is 0. The predicted molar refractivity (Wildman–Crippen MR) is 110 cm³/mol. The van der Waals surface area contributed by atoms with Crippen molar-refractivity contribution in [1.82, 2.24) is 5.32 Å². The number of para-hydroxylation sites is 2.